The number of anilines is 1. The van der Waals surface area contributed by atoms with Crippen LogP contribution < -0.4 is 10.1 Å². The van der Waals surface area contributed by atoms with E-state index in [0.717, 1.165) is 16.8 Å². The van der Waals surface area contributed by atoms with Crippen molar-refractivity contribution in [1.29, 1.82) is 0 Å². The van der Waals surface area contributed by atoms with Crippen LogP contribution in [-0.2, 0) is 6.61 Å². The molecule has 6 heteroatoms. The predicted molar refractivity (Wildman–Crippen MR) is 82.4 cm³/mol. The minimum absolute atomic E-state index is 0.0107. The Morgan fingerprint density at radius 1 is 1.13 bits per heavy atom. The standard InChI is InChI=1S/C17H18F3NO2/c1-12(14-4-2-3-13(9-14)10-22)21-15-5-7-16(8-6-15)23-11-17(18,19)20/h2-9,12,21-22H,10-11H2,1H3. The van der Waals surface area contributed by atoms with Gasteiger partial charge in [0.15, 0.2) is 6.61 Å². The molecule has 0 spiro atoms. The zero-order valence-electron chi connectivity index (χ0n) is 12.6. The van der Waals surface area contributed by atoms with E-state index in [-0.39, 0.29) is 18.4 Å². The zero-order chi connectivity index (χ0) is 16.9. The third-order valence-corrected chi connectivity index (χ3v) is 3.27. The van der Waals surface area contributed by atoms with Crippen molar-refractivity contribution in [2.75, 3.05) is 11.9 Å². The third-order valence-electron chi connectivity index (χ3n) is 3.27. The van der Waals surface area contributed by atoms with Crippen molar-refractivity contribution in [1.82, 2.24) is 0 Å². The van der Waals surface area contributed by atoms with E-state index in [1.807, 2.05) is 31.2 Å². The summed E-state index contributed by atoms with van der Waals surface area (Å²) in [7, 11) is 0. The number of nitrogens with one attached hydrogen (secondary N) is 1. The van der Waals surface area contributed by atoms with Gasteiger partial charge in [-0.3, -0.25) is 0 Å². The summed E-state index contributed by atoms with van der Waals surface area (Å²) in [6.07, 6.45) is -4.34. The number of aliphatic hydroxyl groups is 1. The quantitative estimate of drug-likeness (QED) is 0.832. The largest absolute Gasteiger partial charge is 0.484 e. The van der Waals surface area contributed by atoms with Crippen LogP contribution in [0.3, 0.4) is 0 Å². The van der Waals surface area contributed by atoms with Crippen molar-refractivity contribution < 1.29 is 23.0 Å². The molecule has 0 radical (unpaired) electrons. The molecule has 0 aliphatic carbocycles. The Balaban J connectivity index is 1.97. The van der Waals surface area contributed by atoms with E-state index in [1.165, 1.54) is 12.1 Å². The van der Waals surface area contributed by atoms with Gasteiger partial charge in [0.05, 0.1) is 6.61 Å². The molecule has 2 rings (SSSR count). The highest BCUT2D eigenvalue weighted by Crippen LogP contribution is 2.23. The molecular weight excluding hydrogens is 307 g/mol. The van der Waals surface area contributed by atoms with E-state index < -0.39 is 12.8 Å². The first kappa shape index (κ1) is 17.1. The Morgan fingerprint density at radius 3 is 2.43 bits per heavy atom. The molecule has 1 atom stereocenters. The van der Waals surface area contributed by atoms with Gasteiger partial charge in [0.2, 0.25) is 0 Å². The van der Waals surface area contributed by atoms with Gasteiger partial charge < -0.3 is 15.2 Å². The highest BCUT2D eigenvalue weighted by Gasteiger charge is 2.28. The van der Waals surface area contributed by atoms with Crippen LogP contribution >= 0.6 is 0 Å². The first-order valence-electron chi connectivity index (χ1n) is 7.13. The molecule has 1 unspecified atom stereocenters. The fourth-order valence-electron chi connectivity index (χ4n) is 2.11. The lowest BCUT2D eigenvalue weighted by molar-refractivity contribution is -0.153. The molecule has 0 aliphatic heterocycles. The lowest BCUT2D eigenvalue weighted by atomic mass is 10.1. The smallest absolute Gasteiger partial charge is 0.422 e. The van der Waals surface area contributed by atoms with Gasteiger partial charge in [-0.15, -0.1) is 0 Å². The number of hydrogen-bond acceptors (Lipinski definition) is 3. The van der Waals surface area contributed by atoms with Gasteiger partial charge in [0.25, 0.3) is 0 Å². The van der Waals surface area contributed by atoms with Crippen molar-refractivity contribution in [3.05, 3.63) is 59.7 Å². The predicted octanol–water partition coefficient (Wildman–Crippen LogP) is 4.29. The lowest BCUT2D eigenvalue weighted by Gasteiger charge is -2.17. The average Bonchev–Trinajstić information content (AvgIpc) is 2.53. The van der Waals surface area contributed by atoms with E-state index in [0.29, 0.717) is 0 Å². The van der Waals surface area contributed by atoms with Gasteiger partial charge in [-0.25, -0.2) is 0 Å². The van der Waals surface area contributed by atoms with Crippen molar-refractivity contribution in [3.8, 4) is 5.75 Å². The van der Waals surface area contributed by atoms with Crippen molar-refractivity contribution in [3.63, 3.8) is 0 Å². The first-order valence-corrected chi connectivity index (χ1v) is 7.13. The number of alkyl halides is 3. The number of rotatable bonds is 6. The molecule has 2 aromatic rings. The van der Waals surface area contributed by atoms with Crippen LogP contribution in [0.25, 0.3) is 0 Å². The first-order chi connectivity index (χ1) is 10.9. The van der Waals surface area contributed by atoms with Gasteiger partial charge in [-0.05, 0) is 42.3 Å². The molecule has 2 N–H and O–H groups in total. The van der Waals surface area contributed by atoms with Gasteiger partial charge in [-0.1, -0.05) is 24.3 Å². The van der Waals surface area contributed by atoms with Crippen molar-refractivity contribution in [2.45, 2.75) is 25.7 Å². The van der Waals surface area contributed by atoms with E-state index in [4.69, 9.17) is 5.11 Å². The molecule has 124 valence electrons. The molecule has 0 amide bonds. The topological polar surface area (TPSA) is 41.5 Å². The van der Waals surface area contributed by atoms with Crippen molar-refractivity contribution >= 4 is 5.69 Å². The highest BCUT2D eigenvalue weighted by molar-refractivity contribution is 5.48. The summed E-state index contributed by atoms with van der Waals surface area (Å²) in [6.45, 7) is 0.639. The average molecular weight is 325 g/mol. The maximum absolute atomic E-state index is 12.1. The van der Waals surface area contributed by atoms with E-state index >= 15 is 0 Å². The molecule has 0 bridgehead atoms. The fraction of sp³-hybridized carbons (Fsp3) is 0.294. The van der Waals surface area contributed by atoms with Crippen LogP contribution in [0.2, 0.25) is 0 Å². The van der Waals surface area contributed by atoms with Crippen LogP contribution in [-0.4, -0.2) is 17.9 Å². The van der Waals surface area contributed by atoms with Gasteiger partial charge in [-0.2, -0.15) is 13.2 Å². The van der Waals surface area contributed by atoms with E-state index in [1.54, 1.807) is 12.1 Å². The van der Waals surface area contributed by atoms with Gasteiger partial charge in [0.1, 0.15) is 5.75 Å². The second-order valence-corrected chi connectivity index (χ2v) is 5.20. The Hall–Kier alpha value is -2.21. The molecule has 0 saturated heterocycles. The Labute approximate surface area is 132 Å². The van der Waals surface area contributed by atoms with Crippen LogP contribution in [0.4, 0.5) is 18.9 Å². The highest BCUT2D eigenvalue weighted by atomic mass is 19.4. The van der Waals surface area contributed by atoms with Crippen LogP contribution in [0.1, 0.15) is 24.1 Å². The summed E-state index contributed by atoms with van der Waals surface area (Å²) in [5, 5.41) is 12.4. The summed E-state index contributed by atoms with van der Waals surface area (Å²) < 4.78 is 40.9. The summed E-state index contributed by atoms with van der Waals surface area (Å²) in [4.78, 5) is 0. The zero-order valence-corrected chi connectivity index (χ0v) is 12.6. The van der Waals surface area contributed by atoms with Crippen LogP contribution in [0.5, 0.6) is 5.75 Å². The molecule has 2 aromatic carbocycles. The molecular formula is C17H18F3NO2. The van der Waals surface area contributed by atoms with Crippen LogP contribution in [0, 0.1) is 0 Å². The third kappa shape index (κ3) is 5.49. The molecule has 0 heterocycles. The minimum Gasteiger partial charge on any atom is -0.484 e. The molecule has 23 heavy (non-hydrogen) atoms. The normalized spacial score (nSPS) is 12.7. The van der Waals surface area contributed by atoms with Gasteiger partial charge in [0, 0.05) is 11.7 Å². The molecule has 0 aliphatic rings. The SMILES string of the molecule is CC(Nc1ccc(OCC(F)(F)F)cc1)c1cccc(CO)c1. The second-order valence-electron chi connectivity index (χ2n) is 5.20. The maximum atomic E-state index is 12.1. The molecule has 3 nitrogen and oxygen atoms in total. The number of benzene rings is 2. The van der Waals surface area contributed by atoms with Crippen LogP contribution in [0.15, 0.2) is 48.5 Å². The molecule has 0 fully saturated rings. The lowest BCUT2D eigenvalue weighted by Crippen LogP contribution is -2.19. The maximum Gasteiger partial charge on any atom is 0.422 e. The fourth-order valence-corrected chi connectivity index (χ4v) is 2.11. The number of halogens is 3. The second kappa shape index (κ2) is 7.37. The van der Waals surface area contributed by atoms with Crippen molar-refractivity contribution in [2.24, 2.45) is 0 Å². The summed E-state index contributed by atoms with van der Waals surface area (Å²) in [6, 6.07) is 13.8. The number of aliphatic hydroxyl groups excluding tert-OH is 1. The van der Waals surface area contributed by atoms with E-state index in [2.05, 4.69) is 10.1 Å². The Morgan fingerprint density at radius 2 is 1.83 bits per heavy atom. The minimum atomic E-state index is -4.34. The number of ether oxygens (including phenoxy) is 1. The Kier molecular flexibility index (Phi) is 5.50. The van der Waals surface area contributed by atoms with Gasteiger partial charge >= 0.3 is 6.18 Å². The number of hydrogen-bond donors (Lipinski definition) is 2. The summed E-state index contributed by atoms with van der Waals surface area (Å²) in [5.41, 5.74) is 2.60. The molecule has 0 saturated carbocycles. The Bertz CT molecular complexity index is 626. The molecule has 0 aromatic heterocycles. The summed E-state index contributed by atoms with van der Waals surface area (Å²) >= 11 is 0. The monoisotopic (exact) mass is 325 g/mol. The summed E-state index contributed by atoms with van der Waals surface area (Å²) in [5.74, 6) is 0.169. The van der Waals surface area contributed by atoms with E-state index in [9.17, 15) is 13.2 Å².